The van der Waals surface area contributed by atoms with E-state index in [9.17, 15) is 14.9 Å². The lowest BCUT2D eigenvalue weighted by Crippen LogP contribution is -2.33. The minimum Gasteiger partial charge on any atom is -0.368 e. The summed E-state index contributed by atoms with van der Waals surface area (Å²) in [5, 5.41) is 17.8. The second-order valence-corrected chi connectivity index (χ2v) is 8.09. The van der Waals surface area contributed by atoms with Crippen molar-refractivity contribution in [2.45, 2.75) is 6.42 Å². The van der Waals surface area contributed by atoms with Gasteiger partial charge in [0.05, 0.1) is 21.8 Å². The molecule has 4 rings (SSSR count). The molecule has 0 bridgehead atoms. The van der Waals surface area contributed by atoms with Crippen molar-refractivity contribution >= 4 is 52.3 Å². The van der Waals surface area contributed by atoms with Gasteiger partial charge in [-0.05, 0) is 24.3 Å². The van der Waals surface area contributed by atoms with Gasteiger partial charge in [-0.1, -0.05) is 35.4 Å². The molecule has 0 unspecified atom stereocenters. The van der Waals surface area contributed by atoms with Crippen LogP contribution in [0.15, 0.2) is 54.9 Å². The van der Waals surface area contributed by atoms with Crippen molar-refractivity contribution in [3.8, 4) is 11.3 Å². The molecule has 0 spiro atoms. The van der Waals surface area contributed by atoms with Crippen LogP contribution in [0.4, 0.5) is 23.1 Å². The Hall–Kier alpha value is -3.76. The lowest BCUT2D eigenvalue weighted by Gasteiger charge is -2.25. The van der Waals surface area contributed by atoms with E-state index in [4.69, 9.17) is 23.2 Å². The van der Waals surface area contributed by atoms with E-state index in [1.807, 2.05) is 12.2 Å². The fourth-order valence-electron chi connectivity index (χ4n) is 3.31. The molecule has 0 fully saturated rings. The Balaban J connectivity index is 1.51. The number of hydrogen-bond acceptors (Lipinski definition) is 8. The summed E-state index contributed by atoms with van der Waals surface area (Å²) in [6, 6.07) is 8.00. The summed E-state index contributed by atoms with van der Waals surface area (Å²) in [4.78, 5) is 37.3. The SMILES string of the molecule is O=C1CC=CCN1c1cnc(NCCNc2ccc([N+](=O)[O-])cn2)nc1-c1ccc(Cl)cc1Cl. The Labute approximate surface area is 204 Å². The maximum atomic E-state index is 12.5. The number of carbonyl (C=O) groups excluding carboxylic acids is 1. The highest BCUT2D eigenvalue weighted by Gasteiger charge is 2.23. The van der Waals surface area contributed by atoms with Crippen molar-refractivity contribution in [1.29, 1.82) is 0 Å². The lowest BCUT2D eigenvalue weighted by molar-refractivity contribution is -0.385. The van der Waals surface area contributed by atoms with Crippen molar-refractivity contribution in [1.82, 2.24) is 15.0 Å². The summed E-state index contributed by atoms with van der Waals surface area (Å²) < 4.78 is 0. The average Bonchev–Trinajstić information content (AvgIpc) is 2.83. The minimum atomic E-state index is -0.502. The molecule has 0 radical (unpaired) electrons. The molecule has 12 heteroatoms. The summed E-state index contributed by atoms with van der Waals surface area (Å²) in [6.45, 7) is 1.32. The van der Waals surface area contributed by atoms with E-state index in [0.717, 1.165) is 0 Å². The molecule has 174 valence electrons. The summed E-state index contributed by atoms with van der Waals surface area (Å²) in [6.07, 6.45) is 6.83. The predicted octanol–water partition coefficient (Wildman–Crippen LogP) is 4.57. The number of benzene rings is 1. The quantitative estimate of drug-likeness (QED) is 0.199. The molecule has 1 aliphatic heterocycles. The molecule has 0 atom stereocenters. The van der Waals surface area contributed by atoms with E-state index in [-0.39, 0.29) is 11.6 Å². The number of aromatic nitrogens is 3. The first kappa shape index (κ1) is 23.4. The van der Waals surface area contributed by atoms with Crippen LogP contribution in [0.3, 0.4) is 0 Å². The summed E-state index contributed by atoms with van der Waals surface area (Å²) in [5.41, 5.74) is 1.61. The molecular formula is C22H19Cl2N7O3. The molecule has 2 aromatic heterocycles. The summed E-state index contributed by atoms with van der Waals surface area (Å²) in [5.74, 6) is 0.801. The second-order valence-electron chi connectivity index (χ2n) is 7.24. The van der Waals surface area contributed by atoms with E-state index < -0.39 is 4.92 Å². The van der Waals surface area contributed by atoms with Gasteiger partial charge in [-0.3, -0.25) is 14.9 Å². The molecular weight excluding hydrogens is 481 g/mol. The fourth-order valence-corrected chi connectivity index (χ4v) is 3.81. The van der Waals surface area contributed by atoms with Crippen LogP contribution in [-0.4, -0.2) is 45.4 Å². The van der Waals surface area contributed by atoms with Crippen LogP contribution in [-0.2, 0) is 4.79 Å². The molecule has 0 aliphatic carbocycles. The van der Waals surface area contributed by atoms with Gasteiger partial charge in [0, 0.05) is 42.7 Å². The van der Waals surface area contributed by atoms with Gasteiger partial charge in [-0.25, -0.2) is 15.0 Å². The van der Waals surface area contributed by atoms with E-state index in [2.05, 4.69) is 25.6 Å². The second kappa shape index (κ2) is 10.4. The first-order valence-corrected chi connectivity index (χ1v) is 11.0. The Kier molecular flexibility index (Phi) is 7.19. The highest BCUT2D eigenvalue weighted by atomic mass is 35.5. The lowest BCUT2D eigenvalue weighted by atomic mass is 10.1. The maximum Gasteiger partial charge on any atom is 0.287 e. The first-order valence-electron chi connectivity index (χ1n) is 10.3. The third-order valence-electron chi connectivity index (χ3n) is 4.97. The van der Waals surface area contributed by atoms with Crippen LogP contribution >= 0.6 is 23.2 Å². The molecule has 1 amide bonds. The third-order valence-corrected chi connectivity index (χ3v) is 5.52. The average molecular weight is 500 g/mol. The zero-order valence-electron chi connectivity index (χ0n) is 17.7. The maximum absolute atomic E-state index is 12.5. The number of pyridine rings is 1. The van der Waals surface area contributed by atoms with Crippen LogP contribution in [0.1, 0.15) is 6.42 Å². The molecule has 34 heavy (non-hydrogen) atoms. The molecule has 1 aliphatic rings. The molecule has 1 aromatic carbocycles. The van der Waals surface area contributed by atoms with Gasteiger partial charge < -0.3 is 15.5 Å². The van der Waals surface area contributed by atoms with E-state index in [0.29, 0.717) is 64.8 Å². The van der Waals surface area contributed by atoms with Crippen LogP contribution in [0.5, 0.6) is 0 Å². The number of nitro groups is 1. The van der Waals surface area contributed by atoms with Crippen LogP contribution in [0.2, 0.25) is 10.0 Å². The van der Waals surface area contributed by atoms with Crippen molar-refractivity contribution in [3.05, 3.63) is 75.0 Å². The first-order chi connectivity index (χ1) is 16.4. The highest BCUT2D eigenvalue weighted by Crippen LogP contribution is 2.36. The van der Waals surface area contributed by atoms with E-state index >= 15 is 0 Å². The minimum absolute atomic E-state index is 0.0575. The summed E-state index contributed by atoms with van der Waals surface area (Å²) in [7, 11) is 0. The number of amides is 1. The van der Waals surface area contributed by atoms with Crippen LogP contribution < -0.4 is 15.5 Å². The fraction of sp³-hybridized carbons (Fsp3) is 0.182. The molecule has 3 heterocycles. The smallest absolute Gasteiger partial charge is 0.287 e. The van der Waals surface area contributed by atoms with Crippen LogP contribution in [0.25, 0.3) is 11.3 Å². The Morgan fingerprint density at radius 3 is 2.59 bits per heavy atom. The van der Waals surface area contributed by atoms with Gasteiger partial charge >= 0.3 is 0 Å². The molecule has 3 aromatic rings. The Bertz CT molecular complexity index is 1250. The molecule has 2 N–H and O–H groups in total. The largest absolute Gasteiger partial charge is 0.368 e. The van der Waals surface area contributed by atoms with Crippen molar-refractivity contribution in [2.24, 2.45) is 0 Å². The number of rotatable bonds is 8. The number of carbonyl (C=O) groups is 1. The molecule has 0 saturated heterocycles. The Morgan fingerprint density at radius 1 is 1.06 bits per heavy atom. The Morgan fingerprint density at radius 2 is 1.88 bits per heavy atom. The monoisotopic (exact) mass is 499 g/mol. The van der Waals surface area contributed by atoms with Crippen molar-refractivity contribution < 1.29 is 9.72 Å². The predicted molar refractivity (Wildman–Crippen MR) is 131 cm³/mol. The van der Waals surface area contributed by atoms with Gasteiger partial charge in [0.25, 0.3) is 5.69 Å². The van der Waals surface area contributed by atoms with Crippen molar-refractivity contribution in [2.75, 3.05) is 35.2 Å². The standard InChI is InChI=1S/C22H19Cl2N7O3/c23-14-4-6-16(17(24)11-14)21-18(30-10-2-1-3-20(30)32)13-28-22(29-21)26-9-8-25-19-7-5-15(12-27-19)31(33)34/h1-2,4-7,11-13H,3,8-10H2,(H,25,27)(H,26,28,29). The summed E-state index contributed by atoms with van der Waals surface area (Å²) >= 11 is 12.5. The normalized spacial score (nSPS) is 13.1. The number of nitrogens with one attached hydrogen (secondary N) is 2. The van der Waals surface area contributed by atoms with Gasteiger partial charge in [0.2, 0.25) is 11.9 Å². The van der Waals surface area contributed by atoms with Crippen molar-refractivity contribution in [3.63, 3.8) is 0 Å². The zero-order chi connectivity index (χ0) is 24.1. The third kappa shape index (κ3) is 5.41. The van der Waals surface area contributed by atoms with E-state index in [1.165, 1.54) is 18.3 Å². The zero-order valence-corrected chi connectivity index (χ0v) is 19.3. The topological polar surface area (TPSA) is 126 Å². The molecule has 0 saturated carbocycles. The number of anilines is 3. The number of halogens is 2. The molecule has 10 nitrogen and oxygen atoms in total. The highest BCUT2D eigenvalue weighted by molar-refractivity contribution is 6.36. The van der Waals surface area contributed by atoms with Gasteiger partial charge in [0.1, 0.15) is 17.7 Å². The van der Waals surface area contributed by atoms with Gasteiger partial charge in [-0.15, -0.1) is 0 Å². The number of hydrogen-bond donors (Lipinski definition) is 2. The number of nitrogens with zero attached hydrogens (tertiary/aromatic N) is 5. The van der Waals surface area contributed by atoms with Crippen LogP contribution in [0, 0.1) is 10.1 Å². The van der Waals surface area contributed by atoms with E-state index in [1.54, 1.807) is 29.3 Å². The van der Waals surface area contributed by atoms with Gasteiger partial charge in [-0.2, -0.15) is 0 Å². The van der Waals surface area contributed by atoms with Gasteiger partial charge in [0.15, 0.2) is 0 Å².